The van der Waals surface area contributed by atoms with Gasteiger partial charge >= 0.3 is 11.9 Å². The number of carboxylic acid groups (broad SMARTS) is 2. The van der Waals surface area contributed by atoms with Gasteiger partial charge in [-0.25, -0.2) is 4.79 Å². The van der Waals surface area contributed by atoms with Crippen molar-refractivity contribution in [3.8, 4) is 5.75 Å². The average molecular weight is 836 g/mol. The highest BCUT2D eigenvalue weighted by Crippen LogP contribution is 2.13. The number of phenolic OH excluding ortho intramolecular Hbond substituents is 1. The quantitative estimate of drug-likeness (QED) is 0.0218. The van der Waals surface area contributed by atoms with Gasteiger partial charge in [-0.3, -0.25) is 38.8 Å². The van der Waals surface area contributed by atoms with Crippen LogP contribution in [0.5, 0.6) is 5.75 Å². The Hall–Kier alpha value is -6.23. The van der Waals surface area contributed by atoms with Gasteiger partial charge in [-0.2, -0.15) is 0 Å². The zero-order valence-electron chi connectivity index (χ0n) is 33.4. The molecule has 0 saturated carbocycles. The summed E-state index contributed by atoms with van der Waals surface area (Å²) in [4.78, 5) is 98.9. The molecule has 0 aromatic heterocycles. The third-order valence-electron chi connectivity index (χ3n) is 8.71. The van der Waals surface area contributed by atoms with E-state index in [0.717, 1.165) is 0 Å². The molecule has 20 N–H and O–H groups in total. The Morgan fingerprint density at radius 1 is 0.627 bits per heavy atom. The molecule has 5 amide bonds. The number of aliphatic carboxylic acids is 2. The van der Waals surface area contributed by atoms with E-state index in [1.54, 1.807) is 13.8 Å². The molecule has 330 valence electrons. The first-order chi connectivity index (χ1) is 27.7. The number of aliphatic imine (C=N–C) groups is 2. The molecule has 1 aromatic carbocycles. The second kappa shape index (κ2) is 26.6. The first-order valence-electron chi connectivity index (χ1n) is 19.1. The molecule has 0 aliphatic rings. The summed E-state index contributed by atoms with van der Waals surface area (Å²) in [5.41, 5.74) is 33.3. The summed E-state index contributed by atoms with van der Waals surface area (Å²) in [6, 6.07) is -2.45. The van der Waals surface area contributed by atoms with E-state index >= 15 is 0 Å². The number of guanidine groups is 2. The second-order valence-corrected chi connectivity index (χ2v) is 14.1. The van der Waals surface area contributed by atoms with Crippen LogP contribution in [0.3, 0.4) is 0 Å². The summed E-state index contributed by atoms with van der Waals surface area (Å²) in [6.07, 6.45) is 0.338. The molecule has 59 heavy (non-hydrogen) atoms. The molecule has 6 atom stereocenters. The highest BCUT2D eigenvalue weighted by molar-refractivity contribution is 5.97. The summed E-state index contributed by atoms with van der Waals surface area (Å²) in [5, 5.41) is 41.5. The minimum Gasteiger partial charge on any atom is -0.508 e. The smallest absolute Gasteiger partial charge is 0.326 e. The largest absolute Gasteiger partial charge is 0.508 e. The number of rotatable bonds is 28. The Morgan fingerprint density at radius 2 is 1.12 bits per heavy atom. The van der Waals surface area contributed by atoms with Gasteiger partial charge in [-0.05, 0) is 75.1 Å². The molecule has 0 fully saturated rings. The number of hydrogen-bond acceptors (Lipinski definition) is 12. The molecule has 1 aromatic rings. The van der Waals surface area contributed by atoms with Gasteiger partial charge in [0, 0.05) is 19.5 Å². The summed E-state index contributed by atoms with van der Waals surface area (Å²) < 4.78 is 0. The Morgan fingerprint density at radius 3 is 1.64 bits per heavy atom. The van der Waals surface area contributed by atoms with Crippen LogP contribution in [0.4, 0.5) is 0 Å². The van der Waals surface area contributed by atoms with Gasteiger partial charge in [-0.1, -0.05) is 26.0 Å². The monoisotopic (exact) mass is 835 g/mol. The van der Waals surface area contributed by atoms with E-state index in [0.29, 0.717) is 24.8 Å². The second-order valence-electron chi connectivity index (χ2n) is 14.1. The average Bonchev–Trinajstić information content (AvgIpc) is 3.15. The molecule has 0 bridgehead atoms. The van der Waals surface area contributed by atoms with Crippen LogP contribution in [0.25, 0.3) is 0 Å². The van der Waals surface area contributed by atoms with Crippen LogP contribution < -0.4 is 61.0 Å². The fourth-order valence-electron chi connectivity index (χ4n) is 5.51. The maximum Gasteiger partial charge on any atom is 0.326 e. The highest BCUT2D eigenvalue weighted by Gasteiger charge is 2.34. The van der Waals surface area contributed by atoms with E-state index in [-0.39, 0.29) is 69.4 Å². The van der Waals surface area contributed by atoms with E-state index in [9.17, 15) is 48.9 Å². The highest BCUT2D eigenvalue weighted by atomic mass is 16.4. The molecule has 0 spiro atoms. The van der Waals surface area contributed by atoms with Crippen molar-refractivity contribution >= 4 is 53.4 Å². The molecule has 23 heteroatoms. The van der Waals surface area contributed by atoms with Crippen molar-refractivity contribution in [3.63, 3.8) is 0 Å². The molecular weight excluding hydrogens is 774 g/mol. The number of carbonyl (C=O) groups is 7. The summed E-state index contributed by atoms with van der Waals surface area (Å²) in [7, 11) is 0. The molecule has 0 aliphatic carbocycles. The number of phenols is 1. The lowest BCUT2D eigenvalue weighted by Gasteiger charge is -2.28. The number of nitrogens with two attached hydrogens (primary N) is 6. The van der Waals surface area contributed by atoms with Crippen molar-refractivity contribution in [1.82, 2.24) is 26.6 Å². The number of hydrogen-bond donors (Lipinski definition) is 14. The Bertz CT molecular complexity index is 1620. The van der Waals surface area contributed by atoms with Crippen molar-refractivity contribution in [3.05, 3.63) is 29.8 Å². The van der Waals surface area contributed by atoms with Gasteiger partial charge in [0.1, 0.15) is 36.0 Å². The number of amides is 5. The summed E-state index contributed by atoms with van der Waals surface area (Å²) in [5.74, 6) is -8.15. The van der Waals surface area contributed by atoms with Crippen molar-refractivity contribution in [2.45, 2.75) is 108 Å². The van der Waals surface area contributed by atoms with Crippen molar-refractivity contribution < 1.29 is 48.9 Å². The SMILES string of the molecule is CC(C)C(NC(=O)C(CCCCN)NC(=O)C(CC(=O)O)NC(=O)C(N)CCCN=C(N)N)C(=O)NC(Cc1ccc(O)cc1)C(=O)NC(CCCN=C(N)N)C(=O)O. The predicted octanol–water partition coefficient (Wildman–Crippen LogP) is -3.86. The fourth-order valence-corrected chi connectivity index (χ4v) is 5.51. The van der Waals surface area contributed by atoms with Crippen LogP contribution in [-0.4, -0.2) is 125 Å². The predicted molar refractivity (Wildman–Crippen MR) is 217 cm³/mol. The number of nitrogens with one attached hydrogen (secondary N) is 5. The molecular formula is C36H61N13O10. The number of aromatic hydroxyl groups is 1. The Kier molecular flexibility index (Phi) is 22.9. The molecule has 0 aliphatic heterocycles. The van der Waals surface area contributed by atoms with Crippen molar-refractivity contribution in [2.75, 3.05) is 19.6 Å². The van der Waals surface area contributed by atoms with Gasteiger partial charge in [0.05, 0.1) is 12.5 Å². The Labute approximate surface area is 341 Å². The van der Waals surface area contributed by atoms with Gasteiger partial charge in [0.25, 0.3) is 0 Å². The van der Waals surface area contributed by atoms with E-state index in [1.165, 1.54) is 24.3 Å². The zero-order chi connectivity index (χ0) is 44.7. The van der Waals surface area contributed by atoms with Gasteiger partial charge in [0.15, 0.2) is 11.9 Å². The first-order valence-corrected chi connectivity index (χ1v) is 19.1. The van der Waals surface area contributed by atoms with Gasteiger partial charge < -0.3 is 76.3 Å². The first kappa shape index (κ1) is 50.8. The summed E-state index contributed by atoms with van der Waals surface area (Å²) in [6.45, 7) is 3.75. The topological polar surface area (TPSA) is 421 Å². The lowest BCUT2D eigenvalue weighted by molar-refractivity contribution is -0.143. The molecule has 0 radical (unpaired) electrons. The lowest BCUT2D eigenvalue weighted by atomic mass is 9.99. The van der Waals surface area contributed by atoms with Crippen LogP contribution in [0, 0.1) is 5.92 Å². The zero-order valence-corrected chi connectivity index (χ0v) is 33.4. The minimum atomic E-state index is -1.64. The standard InChI is InChI=1S/C36H61N13O10/c1-19(2)28(33(57)48-25(17-20-10-12-21(50)13-11-20)31(55)46-24(34(58)59)9-6-16-44-36(41)42)49-30(54)23(8-3-4-14-37)45-32(56)26(18-27(51)52)47-29(53)22(38)7-5-15-43-35(39)40/h10-13,19,22-26,28,50H,3-9,14-18,37-38H2,1-2H3,(H,45,56)(H,46,55)(H,47,53)(H,48,57)(H,49,54)(H,51,52)(H,58,59)(H4,39,40,43)(H4,41,42,44). The third-order valence-corrected chi connectivity index (χ3v) is 8.71. The molecule has 0 saturated heterocycles. The maximum atomic E-state index is 13.9. The fraction of sp³-hybridized carbons (Fsp3) is 0.583. The number of unbranched alkanes of at least 4 members (excludes halogenated alkanes) is 1. The lowest BCUT2D eigenvalue weighted by Crippen LogP contribution is -2.60. The number of carboxylic acids is 2. The van der Waals surface area contributed by atoms with Crippen LogP contribution >= 0.6 is 0 Å². The number of benzene rings is 1. The number of carbonyl (C=O) groups excluding carboxylic acids is 5. The van der Waals surface area contributed by atoms with Gasteiger partial charge in [0.2, 0.25) is 29.5 Å². The number of nitrogens with zero attached hydrogens (tertiary/aromatic N) is 2. The molecule has 0 heterocycles. The van der Waals surface area contributed by atoms with E-state index in [2.05, 4.69) is 36.6 Å². The van der Waals surface area contributed by atoms with E-state index in [1.807, 2.05) is 0 Å². The molecule has 1 rings (SSSR count). The van der Waals surface area contributed by atoms with Gasteiger partial charge in [-0.15, -0.1) is 0 Å². The van der Waals surface area contributed by atoms with Crippen molar-refractivity contribution in [2.24, 2.45) is 50.3 Å². The minimum absolute atomic E-state index is 0.00486. The van der Waals surface area contributed by atoms with E-state index < -0.39 is 90.1 Å². The van der Waals surface area contributed by atoms with E-state index in [4.69, 9.17) is 34.4 Å². The van der Waals surface area contributed by atoms with Crippen LogP contribution in [0.2, 0.25) is 0 Å². The summed E-state index contributed by atoms with van der Waals surface area (Å²) >= 11 is 0. The maximum absolute atomic E-state index is 13.9. The Balaban J connectivity index is 3.30. The normalized spacial score (nSPS) is 13.9. The molecule has 6 unspecified atom stereocenters. The van der Waals surface area contributed by atoms with Crippen LogP contribution in [0.15, 0.2) is 34.3 Å². The molecule has 23 nitrogen and oxygen atoms in total. The third kappa shape index (κ3) is 20.7. The van der Waals surface area contributed by atoms with Crippen LogP contribution in [-0.2, 0) is 40.0 Å². The van der Waals surface area contributed by atoms with Crippen LogP contribution in [0.1, 0.15) is 70.8 Å². The van der Waals surface area contributed by atoms with Crippen molar-refractivity contribution in [1.29, 1.82) is 0 Å².